The number of ketones is 1. The molecule has 0 saturated heterocycles. The van der Waals surface area contributed by atoms with Crippen LogP contribution in [0, 0.1) is 18.3 Å². The molecular weight excluding hydrogens is 360 g/mol. The summed E-state index contributed by atoms with van der Waals surface area (Å²) in [4.78, 5) is 17.0. The van der Waals surface area contributed by atoms with Crippen LogP contribution in [0.4, 0.5) is 0 Å². The van der Waals surface area contributed by atoms with E-state index in [4.69, 9.17) is 9.47 Å². The molecule has 0 unspecified atom stereocenters. The molecule has 136 valence electrons. The molecule has 0 aliphatic rings. The zero-order valence-electron chi connectivity index (χ0n) is 15.3. The van der Waals surface area contributed by atoms with E-state index in [1.165, 1.54) is 11.8 Å². The van der Waals surface area contributed by atoms with Gasteiger partial charge in [-0.1, -0.05) is 41.6 Å². The number of ether oxygens (including phenoxy) is 2. The second kappa shape index (κ2) is 8.11. The molecule has 0 atom stereocenters. The van der Waals surface area contributed by atoms with Crippen LogP contribution in [0.3, 0.4) is 0 Å². The average molecular weight is 378 g/mol. The van der Waals surface area contributed by atoms with E-state index in [1.54, 1.807) is 32.4 Å². The number of nitriles is 1. The van der Waals surface area contributed by atoms with E-state index in [-0.39, 0.29) is 11.5 Å². The number of aryl methyl sites for hydroxylation is 1. The van der Waals surface area contributed by atoms with E-state index in [0.29, 0.717) is 33.2 Å². The van der Waals surface area contributed by atoms with Gasteiger partial charge in [0.1, 0.15) is 11.1 Å². The van der Waals surface area contributed by atoms with Gasteiger partial charge < -0.3 is 9.47 Å². The van der Waals surface area contributed by atoms with Crippen molar-refractivity contribution in [3.63, 3.8) is 0 Å². The van der Waals surface area contributed by atoms with Gasteiger partial charge in [0.2, 0.25) is 0 Å². The van der Waals surface area contributed by atoms with Crippen LogP contribution >= 0.6 is 11.8 Å². The fourth-order valence-corrected chi connectivity index (χ4v) is 3.49. The minimum absolute atomic E-state index is 0.00176. The summed E-state index contributed by atoms with van der Waals surface area (Å²) in [6, 6.07) is 14.9. The SMILES string of the molecule is COc1cc2cc(C#N)c(SCC(=O)c3ccc(C)cc3)nc2cc1OC. The third-order valence-electron chi connectivity index (χ3n) is 4.12. The normalized spacial score (nSPS) is 10.4. The highest BCUT2D eigenvalue weighted by molar-refractivity contribution is 8.00. The number of aromatic nitrogens is 1. The molecule has 1 heterocycles. The number of pyridine rings is 1. The fraction of sp³-hybridized carbons (Fsp3) is 0.190. The third-order valence-corrected chi connectivity index (χ3v) is 5.11. The second-order valence-corrected chi connectivity index (χ2v) is 6.89. The van der Waals surface area contributed by atoms with E-state index in [1.807, 2.05) is 31.2 Å². The highest BCUT2D eigenvalue weighted by Gasteiger charge is 2.14. The number of nitrogens with zero attached hydrogens (tertiary/aromatic N) is 2. The molecule has 0 radical (unpaired) electrons. The average Bonchev–Trinajstić information content (AvgIpc) is 2.70. The maximum atomic E-state index is 12.4. The lowest BCUT2D eigenvalue weighted by Gasteiger charge is -2.10. The summed E-state index contributed by atoms with van der Waals surface area (Å²) in [7, 11) is 3.12. The predicted octanol–water partition coefficient (Wildman–Crippen LogP) is 4.41. The van der Waals surface area contributed by atoms with E-state index >= 15 is 0 Å². The molecule has 0 spiro atoms. The Morgan fingerprint density at radius 2 is 1.78 bits per heavy atom. The van der Waals surface area contributed by atoms with Gasteiger partial charge in [0.15, 0.2) is 17.3 Å². The maximum Gasteiger partial charge on any atom is 0.173 e. The van der Waals surface area contributed by atoms with Crippen molar-refractivity contribution < 1.29 is 14.3 Å². The Kier molecular flexibility index (Phi) is 5.63. The third kappa shape index (κ3) is 4.04. The first-order valence-corrected chi connectivity index (χ1v) is 9.24. The van der Waals surface area contributed by atoms with Gasteiger partial charge in [0.25, 0.3) is 0 Å². The first-order valence-electron chi connectivity index (χ1n) is 8.25. The maximum absolute atomic E-state index is 12.4. The Balaban J connectivity index is 1.90. The first kappa shape index (κ1) is 18.7. The van der Waals surface area contributed by atoms with Crippen molar-refractivity contribution in [3.8, 4) is 17.6 Å². The number of hydrogen-bond donors (Lipinski definition) is 0. The molecule has 5 nitrogen and oxygen atoms in total. The minimum Gasteiger partial charge on any atom is -0.493 e. The lowest BCUT2D eigenvalue weighted by atomic mass is 10.1. The second-order valence-electron chi connectivity index (χ2n) is 5.93. The molecule has 0 N–H and O–H groups in total. The van der Waals surface area contributed by atoms with Crippen LogP contribution < -0.4 is 9.47 Å². The largest absolute Gasteiger partial charge is 0.493 e. The molecule has 3 aromatic rings. The van der Waals surface area contributed by atoms with Crippen molar-refractivity contribution in [2.24, 2.45) is 0 Å². The summed E-state index contributed by atoms with van der Waals surface area (Å²) in [5.41, 5.74) is 2.86. The standard InChI is InChI=1S/C21H18N2O3S/c1-13-4-6-14(7-5-13)18(24)12-27-21-16(11-22)8-15-9-19(25-2)20(26-3)10-17(15)23-21/h4-10H,12H2,1-3H3. The molecule has 3 rings (SSSR count). The van der Waals surface area contributed by atoms with E-state index in [9.17, 15) is 10.1 Å². The van der Waals surface area contributed by atoms with Gasteiger partial charge in [-0.15, -0.1) is 0 Å². The molecule has 0 bridgehead atoms. The Morgan fingerprint density at radius 1 is 1.11 bits per heavy atom. The van der Waals surface area contributed by atoms with Gasteiger partial charge in [-0.2, -0.15) is 5.26 Å². The van der Waals surface area contributed by atoms with Gasteiger partial charge in [-0.05, 0) is 19.1 Å². The first-order chi connectivity index (χ1) is 13.0. The van der Waals surface area contributed by atoms with Crippen molar-refractivity contribution in [2.75, 3.05) is 20.0 Å². The Bertz CT molecular complexity index is 1040. The van der Waals surface area contributed by atoms with Crippen molar-refractivity contribution in [2.45, 2.75) is 11.9 Å². The van der Waals surface area contributed by atoms with Crippen LogP contribution in [-0.2, 0) is 0 Å². The summed E-state index contributed by atoms with van der Waals surface area (Å²) in [5.74, 6) is 1.35. The molecule has 1 aromatic heterocycles. The van der Waals surface area contributed by atoms with Crippen LogP contribution in [0.5, 0.6) is 11.5 Å². The van der Waals surface area contributed by atoms with E-state index < -0.39 is 0 Å². The molecule has 0 amide bonds. The summed E-state index contributed by atoms with van der Waals surface area (Å²) >= 11 is 1.26. The number of benzene rings is 2. The lowest BCUT2D eigenvalue weighted by Crippen LogP contribution is -2.03. The van der Waals surface area contributed by atoms with Crippen molar-refractivity contribution in [1.82, 2.24) is 4.98 Å². The van der Waals surface area contributed by atoms with E-state index in [2.05, 4.69) is 11.1 Å². The number of hydrogen-bond acceptors (Lipinski definition) is 6. The number of carbonyl (C=O) groups excluding carboxylic acids is 1. The van der Waals surface area contributed by atoms with Gasteiger partial charge in [0.05, 0.1) is 31.1 Å². The molecule has 6 heteroatoms. The summed E-state index contributed by atoms with van der Waals surface area (Å²) in [6.45, 7) is 1.98. The zero-order valence-corrected chi connectivity index (χ0v) is 16.1. The number of Topliss-reactive ketones (excluding diaryl/α,β-unsaturated/α-hetero) is 1. The van der Waals surface area contributed by atoms with Crippen LogP contribution in [0.2, 0.25) is 0 Å². The van der Waals surface area contributed by atoms with Crippen molar-refractivity contribution >= 4 is 28.4 Å². The monoisotopic (exact) mass is 378 g/mol. The Hall–Kier alpha value is -3.04. The highest BCUT2D eigenvalue weighted by atomic mass is 32.2. The zero-order chi connectivity index (χ0) is 19.4. The molecule has 0 fully saturated rings. The fourth-order valence-electron chi connectivity index (χ4n) is 2.63. The number of carbonyl (C=O) groups is 1. The quantitative estimate of drug-likeness (QED) is 0.467. The van der Waals surface area contributed by atoms with Crippen LogP contribution in [0.15, 0.2) is 47.5 Å². The number of thioether (sulfide) groups is 1. The van der Waals surface area contributed by atoms with Crippen molar-refractivity contribution in [1.29, 1.82) is 5.26 Å². The molecular formula is C21H18N2O3S. The number of rotatable bonds is 6. The van der Waals surface area contributed by atoms with Crippen LogP contribution in [0.1, 0.15) is 21.5 Å². The summed E-state index contributed by atoms with van der Waals surface area (Å²) in [5, 5.41) is 10.8. The van der Waals surface area contributed by atoms with Gasteiger partial charge >= 0.3 is 0 Å². The topological polar surface area (TPSA) is 72.2 Å². The smallest absolute Gasteiger partial charge is 0.173 e. The van der Waals surface area contributed by atoms with Gasteiger partial charge in [-0.3, -0.25) is 4.79 Å². The summed E-state index contributed by atoms with van der Waals surface area (Å²) < 4.78 is 10.6. The van der Waals surface area contributed by atoms with Gasteiger partial charge in [-0.25, -0.2) is 4.98 Å². The molecule has 0 aliphatic heterocycles. The van der Waals surface area contributed by atoms with Crippen LogP contribution in [-0.4, -0.2) is 30.7 Å². The molecule has 2 aromatic carbocycles. The molecule has 0 aliphatic carbocycles. The molecule has 27 heavy (non-hydrogen) atoms. The molecule has 0 saturated carbocycles. The van der Waals surface area contributed by atoms with Gasteiger partial charge in [0, 0.05) is 17.0 Å². The minimum atomic E-state index is -0.00176. The Labute approximate surface area is 161 Å². The highest BCUT2D eigenvalue weighted by Crippen LogP contribution is 2.33. The number of methoxy groups -OCH3 is 2. The predicted molar refractivity (Wildman–Crippen MR) is 106 cm³/mol. The summed E-state index contributed by atoms with van der Waals surface area (Å²) in [6.07, 6.45) is 0. The van der Waals surface area contributed by atoms with E-state index in [0.717, 1.165) is 10.9 Å². The van der Waals surface area contributed by atoms with Crippen LogP contribution in [0.25, 0.3) is 10.9 Å². The Morgan fingerprint density at radius 3 is 2.41 bits per heavy atom. The lowest BCUT2D eigenvalue weighted by molar-refractivity contribution is 0.102. The number of fused-ring (bicyclic) bond motifs is 1. The van der Waals surface area contributed by atoms with Crippen molar-refractivity contribution in [3.05, 3.63) is 59.2 Å².